The number of aromatic nitrogens is 2. The maximum absolute atomic E-state index is 13.0. The van der Waals surface area contributed by atoms with Crippen molar-refractivity contribution in [3.8, 4) is 0 Å². The Morgan fingerprint density at radius 1 is 1.24 bits per heavy atom. The number of nitrogens with two attached hydrogens (primary N) is 2. The van der Waals surface area contributed by atoms with E-state index in [9.17, 15) is 13.2 Å². The van der Waals surface area contributed by atoms with Crippen LogP contribution in [0.2, 0.25) is 5.02 Å². The first-order chi connectivity index (χ1) is 18.1. The van der Waals surface area contributed by atoms with Crippen molar-refractivity contribution in [2.24, 2.45) is 16.9 Å². The van der Waals surface area contributed by atoms with Crippen LogP contribution in [0.15, 0.2) is 40.5 Å². The molecule has 0 radical (unpaired) electrons. The highest BCUT2D eigenvalue weighted by Gasteiger charge is 2.47. The highest BCUT2D eigenvalue weighted by molar-refractivity contribution is 7.99. The van der Waals surface area contributed by atoms with Crippen LogP contribution in [-0.4, -0.2) is 73.1 Å². The number of rotatable bonds is 6. The van der Waals surface area contributed by atoms with E-state index in [0.717, 1.165) is 36.6 Å². The monoisotopic (exact) mass is 581 g/mol. The van der Waals surface area contributed by atoms with Gasteiger partial charge in [-0.15, -0.1) is 0 Å². The summed E-state index contributed by atoms with van der Waals surface area (Å²) in [5, 5.41) is -0.170. The van der Waals surface area contributed by atoms with Crippen LogP contribution in [0.3, 0.4) is 0 Å². The van der Waals surface area contributed by atoms with E-state index in [4.69, 9.17) is 27.8 Å². The number of amides is 2. The van der Waals surface area contributed by atoms with Crippen LogP contribution in [0.1, 0.15) is 32.6 Å². The number of primary amides is 1. The minimum Gasteiger partial charge on any atom is -0.376 e. The third-order valence-corrected chi connectivity index (χ3v) is 11.0. The quantitative estimate of drug-likeness (QED) is 0.466. The van der Waals surface area contributed by atoms with Crippen LogP contribution < -0.4 is 21.1 Å². The van der Waals surface area contributed by atoms with Gasteiger partial charge < -0.3 is 26.0 Å². The van der Waals surface area contributed by atoms with E-state index in [1.165, 1.54) is 11.8 Å². The number of nitrogens with zero attached hydrogens (tertiary/aromatic N) is 4. The molecule has 0 bridgehead atoms. The number of hydrogen-bond donors (Lipinski definition) is 3. The molecule has 1 aromatic heterocycles. The summed E-state index contributed by atoms with van der Waals surface area (Å²) in [5.74, 6) is 0.799. The first-order valence-electron chi connectivity index (χ1n) is 12.6. The maximum atomic E-state index is 13.0. The lowest BCUT2D eigenvalue weighted by Crippen LogP contribution is -2.50. The fourth-order valence-corrected chi connectivity index (χ4v) is 8.25. The molecule has 5 N–H and O–H groups in total. The Bertz CT molecular complexity index is 1290. The zero-order valence-corrected chi connectivity index (χ0v) is 23.4. The number of ether oxygens (including phenoxy) is 1. The van der Waals surface area contributed by atoms with Gasteiger partial charge in [-0.1, -0.05) is 29.4 Å². The number of urea groups is 1. The first-order valence-corrected chi connectivity index (χ1v) is 15.3. The molecule has 1 aromatic carbocycles. The predicted molar refractivity (Wildman–Crippen MR) is 147 cm³/mol. The molecule has 3 fully saturated rings. The topological polar surface area (TPSA) is 157 Å². The normalized spacial score (nSPS) is 25.2. The molecule has 2 amide bonds. The van der Waals surface area contributed by atoms with Gasteiger partial charge in [0.05, 0.1) is 35.8 Å². The lowest BCUT2D eigenvalue weighted by molar-refractivity contribution is 0.0974. The van der Waals surface area contributed by atoms with E-state index in [2.05, 4.69) is 19.6 Å². The predicted octanol–water partition coefficient (Wildman–Crippen LogP) is 2.86. The molecule has 11 nitrogen and oxygen atoms in total. The van der Waals surface area contributed by atoms with Gasteiger partial charge in [0, 0.05) is 36.0 Å². The molecule has 5 rings (SSSR count). The van der Waals surface area contributed by atoms with Crippen LogP contribution in [0.25, 0.3) is 0 Å². The standard InChI is InChI=1S/C24H32ClN7O4S2/c1-15-22(26)24(14-36-15)7-10-31(11-8-24)18-12-29-19(13-28-18)37-17-5-2-4-16(21(17)25)30-38(34,35)20-6-3-9-32(20)23(27)33/h2,4-5,12-13,15,20,22,30H,3,6-11,14,26H2,1H3,(H2,27,33)/t15-,20?,22+/m0/s1. The van der Waals surface area contributed by atoms with Crippen molar-refractivity contribution in [2.75, 3.05) is 35.9 Å². The van der Waals surface area contributed by atoms with E-state index >= 15 is 0 Å². The fourth-order valence-electron chi connectivity index (χ4n) is 5.49. The molecule has 1 unspecified atom stereocenters. The Balaban J connectivity index is 1.24. The molecule has 0 aliphatic carbocycles. The second kappa shape index (κ2) is 10.7. The van der Waals surface area contributed by atoms with Crippen LogP contribution in [0, 0.1) is 5.41 Å². The molecular formula is C24H32ClN7O4S2. The number of carbonyl (C=O) groups excluding carboxylic acids is 1. The maximum Gasteiger partial charge on any atom is 0.315 e. The zero-order chi connectivity index (χ0) is 27.1. The summed E-state index contributed by atoms with van der Waals surface area (Å²) in [5.41, 5.74) is 12.0. The van der Waals surface area contributed by atoms with E-state index in [1.807, 2.05) is 6.92 Å². The third-order valence-electron chi connectivity index (χ3n) is 7.81. The highest BCUT2D eigenvalue weighted by atomic mass is 35.5. The average Bonchev–Trinajstić information content (AvgIpc) is 3.50. The lowest BCUT2D eigenvalue weighted by Gasteiger charge is -2.41. The van der Waals surface area contributed by atoms with Crippen LogP contribution >= 0.6 is 23.4 Å². The Kier molecular flexibility index (Phi) is 7.66. The second-order valence-electron chi connectivity index (χ2n) is 10.1. The third kappa shape index (κ3) is 5.26. The highest BCUT2D eigenvalue weighted by Crippen LogP contribution is 2.42. The number of likely N-dealkylation sites (tertiary alicyclic amines) is 1. The molecule has 3 aliphatic heterocycles. The molecule has 206 valence electrons. The van der Waals surface area contributed by atoms with Crippen molar-refractivity contribution in [1.82, 2.24) is 14.9 Å². The van der Waals surface area contributed by atoms with Gasteiger partial charge in [-0.05, 0) is 44.7 Å². The Morgan fingerprint density at radius 3 is 2.63 bits per heavy atom. The van der Waals surface area contributed by atoms with Gasteiger partial charge in [0.25, 0.3) is 10.0 Å². The number of anilines is 2. The molecule has 38 heavy (non-hydrogen) atoms. The average molecular weight is 582 g/mol. The van der Waals surface area contributed by atoms with Crippen LogP contribution in [0.5, 0.6) is 0 Å². The number of nitrogens with one attached hydrogen (secondary N) is 1. The molecule has 14 heteroatoms. The summed E-state index contributed by atoms with van der Waals surface area (Å²) >= 11 is 7.86. The molecule has 3 saturated heterocycles. The summed E-state index contributed by atoms with van der Waals surface area (Å²) in [4.78, 5) is 24.8. The van der Waals surface area contributed by atoms with Crippen LogP contribution in [-0.2, 0) is 14.8 Å². The number of halogens is 1. The number of benzene rings is 1. The number of sulfonamides is 1. The molecule has 1 spiro atoms. The van der Waals surface area contributed by atoms with Crippen molar-refractivity contribution in [3.05, 3.63) is 35.6 Å². The Morgan fingerprint density at radius 2 is 2.00 bits per heavy atom. The molecule has 2 aromatic rings. The van der Waals surface area contributed by atoms with Gasteiger partial charge in [0.1, 0.15) is 10.8 Å². The van der Waals surface area contributed by atoms with Gasteiger partial charge in [0.15, 0.2) is 5.37 Å². The van der Waals surface area contributed by atoms with Crippen molar-refractivity contribution in [2.45, 2.75) is 60.0 Å². The van der Waals surface area contributed by atoms with E-state index in [1.54, 1.807) is 30.6 Å². The minimum absolute atomic E-state index is 0.0400. The summed E-state index contributed by atoms with van der Waals surface area (Å²) < 4.78 is 34.3. The van der Waals surface area contributed by atoms with Crippen molar-refractivity contribution in [1.29, 1.82) is 0 Å². The van der Waals surface area contributed by atoms with Crippen LogP contribution in [0.4, 0.5) is 16.3 Å². The summed E-state index contributed by atoms with van der Waals surface area (Å²) in [6, 6.07) is 4.36. The first kappa shape index (κ1) is 27.3. The van der Waals surface area contributed by atoms with Gasteiger partial charge in [-0.2, -0.15) is 0 Å². The molecule has 4 heterocycles. The minimum atomic E-state index is -3.92. The number of carbonyl (C=O) groups is 1. The lowest BCUT2D eigenvalue weighted by atomic mass is 9.73. The summed E-state index contributed by atoms with van der Waals surface area (Å²) in [6.45, 7) is 4.74. The molecule has 3 atom stereocenters. The molecule has 3 aliphatic rings. The van der Waals surface area contributed by atoms with Crippen molar-refractivity contribution >= 4 is 50.9 Å². The van der Waals surface area contributed by atoms with E-state index in [-0.39, 0.29) is 28.3 Å². The summed E-state index contributed by atoms with van der Waals surface area (Å²) in [7, 11) is -3.92. The summed E-state index contributed by atoms with van der Waals surface area (Å²) in [6.07, 6.45) is 6.29. The zero-order valence-electron chi connectivity index (χ0n) is 21.0. The number of hydrogen-bond acceptors (Lipinski definition) is 9. The molecular weight excluding hydrogens is 550 g/mol. The van der Waals surface area contributed by atoms with Crippen molar-refractivity contribution in [3.63, 3.8) is 0 Å². The van der Waals surface area contributed by atoms with Gasteiger partial charge in [-0.25, -0.2) is 23.2 Å². The molecule has 0 saturated carbocycles. The van der Waals surface area contributed by atoms with E-state index < -0.39 is 21.4 Å². The SMILES string of the molecule is C[C@@H]1OCC2(CCN(c3cnc(Sc4cccc(NS(=O)(=O)C5CCCN5C(N)=O)c4Cl)cn3)CC2)[C@@H]1N. The Labute approximate surface area is 231 Å². The smallest absolute Gasteiger partial charge is 0.315 e. The van der Waals surface area contributed by atoms with Gasteiger partial charge >= 0.3 is 6.03 Å². The van der Waals surface area contributed by atoms with Crippen molar-refractivity contribution < 1.29 is 17.9 Å². The largest absolute Gasteiger partial charge is 0.376 e. The number of piperidine rings is 1. The second-order valence-corrected chi connectivity index (χ2v) is 13.4. The van der Waals surface area contributed by atoms with E-state index in [0.29, 0.717) is 35.9 Å². The Hall–Kier alpha value is -2.32. The fraction of sp³-hybridized carbons (Fsp3) is 0.542. The van der Waals surface area contributed by atoms with Gasteiger partial charge in [-0.3, -0.25) is 4.72 Å². The van der Waals surface area contributed by atoms with Gasteiger partial charge in [0.2, 0.25) is 0 Å².